The first-order chi connectivity index (χ1) is 12.7. The molecule has 2 aromatic rings. The van der Waals surface area contributed by atoms with Gasteiger partial charge in [0.25, 0.3) is 5.91 Å². The minimum absolute atomic E-state index is 0.0632. The van der Waals surface area contributed by atoms with E-state index in [1.54, 1.807) is 0 Å². The molecule has 1 atom stereocenters. The Morgan fingerprint density at radius 3 is 2.54 bits per heavy atom. The summed E-state index contributed by atoms with van der Waals surface area (Å²) in [6.45, 7) is 3.92. The number of nitrogens with zero attached hydrogens (tertiary/aromatic N) is 2. The molecule has 2 aliphatic rings. The lowest BCUT2D eigenvalue weighted by atomic mass is 10.1. The molecular weight excluding hydrogens is 348 g/mol. The minimum Gasteiger partial charge on any atom is -0.372 e. The molecule has 0 spiro atoms. The van der Waals surface area contributed by atoms with Gasteiger partial charge < -0.3 is 14.5 Å². The predicted octanol–water partition coefficient (Wildman–Crippen LogP) is 4.15. The Hall–Kier alpha value is -2.04. The summed E-state index contributed by atoms with van der Waals surface area (Å²) < 4.78 is 5.86. The van der Waals surface area contributed by atoms with Crippen LogP contribution in [0.5, 0.6) is 0 Å². The van der Waals surface area contributed by atoms with Crippen molar-refractivity contribution in [3.05, 3.63) is 64.7 Å². The van der Waals surface area contributed by atoms with Crippen LogP contribution in [0.4, 0.5) is 5.69 Å². The van der Waals surface area contributed by atoms with Gasteiger partial charge in [-0.15, -0.1) is 0 Å². The van der Waals surface area contributed by atoms with Gasteiger partial charge in [0.05, 0.1) is 13.2 Å². The summed E-state index contributed by atoms with van der Waals surface area (Å²) in [5.41, 5.74) is 2.96. The van der Waals surface area contributed by atoms with Crippen LogP contribution in [-0.4, -0.2) is 43.6 Å². The Labute approximate surface area is 159 Å². The molecule has 4 rings (SSSR count). The van der Waals surface area contributed by atoms with Crippen molar-refractivity contribution in [3.63, 3.8) is 0 Å². The number of hydrogen-bond donors (Lipinski definition) is 0. The van der Waals surface area contributed by atoms with Crippen molar-refractivity contribution in [1.82, 2.24) is 4.90 Å². The molecule has 1 amide bonds. The molecule has 2 aromatic carbocycles. The van der Waals surface area contributed by atoms with Gasteiger partial charge in [0.2, 0.25) is 0 Å². The lowest BCUT2D eigenvalue weighted by Crippen LogP contribution is -2.42. The van der Waals surface area contributed by atoms with E-state index < -0.39 is 0 Å². The predicted molar refractivity (Wildman–Crippen MR) is 104 cm³/mol. The lowest BCUT2D eigenvalue weighted by Gasteiger charge is -2.33. The van der Waals surface area contributed by atoms with Crippen molar-refractivity contribution in [2.45, 2.75) is 18.9 Å². The molecule has 5 heteroatoms. The molecule has 26 heavy (non-hydrogen) atoms. The fourth-order valence-electron chi connectivity index (χ4n) is 3.71. The summed E-state index contributed by atoms with van der Waals surface area (Å²) in [6, 6.07) is 15.7. The molecule has 2 aliphatic heterocycles. The normalized spacial score (nSPS) is 20.4. The van der Waals surface area contributed by atoms with Crippen LogP contribution in [-0.2, 0) is 4.74 Å². The average molecular weight is 371 g/mol. The van der Waals surface area contributed by atoms with Crippen LogP contribution in [0.15, 0.2) is 48.5 Å². The topological polar surface area (TPSA) is 32.8 Å². The van der Waals surface area contributed by atoms with Gasteiger partial charge in [-0.05, 0) is 54.8 Å². The van der Waals surface area contributed by atoms with Gasteiger partial charge in [0.1, 0.15) is 6.10 Å². The van der Waals surface area contributed by atoms with E-state index in [1.165, 1.54) is 18.5 Å². The number of ether oxygens (including phenoxy) is 1. The van der Waals surface area contributed by atoms with Crippen molar-refractivity contribution in [1.29, 1.82) is 0 Å². The van der Waals surface area contributed by atoms with E-state index in [-0.39, 0.29) is 12.0 Å². The molecule has 136 valence electrons. The highest BCUT2D eigenvalue weighted by atomic mass is 35.5. The van der Waals surface area contributed by atoms with Crippen LogP contribution in [0, 0.1) is 0 Å². The standard InChI is InChI=1S/C21H23ClN2O2/c22-18-5-3-4-17(14-18)20-15-24(12-13-26-20)21(25)16-6-8-19(9-7-16)23-10-1-2-11-23/h3-9,14,20H,1-2,10-13,15H2. The quantitative estimate of drug-likeness (QED) is 0.813. The van der Waals surface area contributed by atoms with Crippen LogP contribution >= 0.6 is 11.6 Å². The van der Waals surface area contributed by atoms with E-state index in [2.05, 4.69) is 17.0 Å². The van der Waals surface area contributed by atoms with Crippen LogP contribution in [0.2, 0.25) is 5.02 Å². The Morgan fingerprint density at radius 1 is 1.04 bits per heavy atom. The fraction of sp³-hybridized carbons (Fsp3) is 0.381. The smallest absolute Gasteiger partial charge is 0.254 e. The lowest BCUT2D eigenvalue weighted by molar-refractivity contribution is -0.0228. The van der Waals surface area contributed by atoms with Crippen molar-refractivity contribution >= 4 is 23.2 Å². The number of halogens is 1. The first-order valence-electron chi connectivity index (χ1n) is 9.22. The molecule has 0 aromatic heterocycles. The van der Waals surface area contributed by atoms with Crippen molar-refractivity contribution in [2.75, 3.05) is 37.7 Å². The Kier molecular flexibility index (Phi) is 5.14. The van der Waals surface area contributed by atoms with Crippen LogP contribution < -0.4 is 4.90 Å². The highest BCUT2D eigenvalue weighted by Crippen LogP contribution is 2.26. The van der Waals surface area contributed by atoms with Gasteiger partial charge in [0, 0.05) is 35.9 Å². The number of carbonyl (C=O) groups excluding carboxylic acids is 1. The van der Waals surface area contributed by atoms with E-state index in [9.17, 15) is 4.79 Å². The number of carbonyl (C=O) groups is 1. The number of morpholine rings is 1. The molecule has 0 N–H and O–H groups in total. The van der Waals surface area contributed by atoms with Gasteiger partial charge in [0.15, 0.2) is 0 Å². The van der Waals surface area contributed by atoms with Gasteiger partial charge in [-0.25, -0.2) is 0 Å². The van der Waals surface area contributed by atoms with E-state index in [1.807, 2.05) is 41.3 Å². The molecule has 0 saturated carbocycles. The molecule has 0 aliphatic carbocycles. The fourth-order valence-corrected chi connectivity index (χ4v) is 3.91. The second kappa shape index (κ2) is 7.68. The largest absolute Gasteiger partial charge is 0.372 e. The maximum atomic E-state index is 12.9. The Morgan fingerprint density at radius 2 is 1.81 bits per heavy atom. The third kappa shape index (κ3) is 3.71. The summed E-state index contributed by atoms with van der Waals surface area (Å²) >= 11 is 6.09. The number of rotatable bonds is 3. The number of anilines is 1. The number of benzene rings is 2. The molecule has 1 unspecified atom stereocenters. The Bertz CT molecular complexity index is 772. The number of amides is 1. The average Bonchev–Trinajstić information content (AvgIpc) is 3.22. The molecule has 0 bridgehead atoms. The van der Waals surface area contributed by atoms with E-state index >= 15 is 0 Å². The minimum atomic E-state index is -0.129. The zero-order valence-corrected chi connectivity index (χ0v) is 15.5. The second-order valence-electron chi connectivity index (χ2n) is 6.91. The molecular formula is C21H23ClN2O2. The molecule has 2 saturated heterocycles. The monoisotopic (exact) mass is 370 g/mol. The first-order valence-corrected chi connectivity index (χ1v) is 9.60. The summed E-state index contributed by atoms with van der Waals surface area (Å²) in [5.74, 6) is 0.0632. The zero-order chi connectivity index (χ0) is 17.9. The summed E-state index contributed by atoms with van der Waals surface area (Å²) in [5, 5.41) is 0.687. The van der Waals surface area contributed by atoms with Gasteiger partial charge >= 0.3 is 0 Å². The highest BCUT2D eigenvalue weighted by Gasteiger charge is 2.26. The van der Waals surface area contributed by atoms with Gasteiger partial charge in [-0.3, -0.25) is 4.79 Å². The Balaban J connectivity index is 1.45. The maximum Gasteiger partial charge on any atom is 0.254 e. The summed E-state index contributed by atoms with van der Waals surface area (Å²) in [7, 11) is 0. The van der Waals surface area contributed by atoms with E-state index in [4.69, 9.17) is 16.3 Å². The van der Waals surface area contributed by atoms with Crippen molar-refractivity contribution in [2.24, 2.45) is 0 Å². The maximum absolute atomic E-state index is 12.9. The third-order valence-electron chi connectivity index (χ3n) is 5.16. The third-order valence-corrected chi connectivity index (χ3v) is 5.39. The number of hydrogen-bond acceptors (Lipinski definition) is 3. The summed E-state index contributed by atoms with van der Waals surface area (Å²) in [6.07, 6.45) is 2.37. The van der Waals surface area contributed by atoms with Crippen LogP contribution in [0.25, 0.3) is 0 Å². The first kappa shape index (κ1) is 17.4. The molecule has 4 nitrogen and oxygen atoms in total. The SMILES string of the molecule is O=C(c1ccc(N2CCCC2)cc1)N1CCOC(c2cccc(Cl)c2)C1. The van der Waals surface area contributed by atoms with Crippen molar-refractivity contribution in [3.8, 4) is 0 Å². The van der Waals surface area contributed by atoms with Gasteiger partial charge in [-0.2, -0.15) is 0 Å². The molecule has 2 heterocycles. The second-order valence-corrected chi connectivity index (χ2v) is 7.34. The summed E-state index contributed by atoms with van der Waals surface area (Å²) in [4.78, 5) is 17.2. The molecule has 2 fully saturated rings. The van der Waals surface area contributed by atoms with Gasteiger partial charge in [-0.1, -0.05) is 23.7 Å². The van der Waals surface area contributed by atoms with Crippen LogP contribution in [0.3, 0.4) is 0 Å². The van der Waals surface area contributed by atoms with E-state index in [0.29, 0.717) is 24.7 Å². The molecule has 0 radical (unpaired) electrons. The van der Waals surface area contributed by atoms with Crippen LogP contribution in [0.1, 0.15) is 34.9 Å². The zero-order valence-electron chi connectivity index (χ0n) is 14.7. The van der Waals surface area contributed by atoms with E-state index in [0.717, 1.165) is 24.2 Å². The van der Waals surface area contributed by atoms with Crippen molar-refractivity contribution < 1.29 is 9.53 Å². The highest BCUT2D eigenvalue weighted by molar-refractivity contribution is 6.30.